The molecule has 0 aromatic rings. The Balaban J connectivity index is 2.52. The number of aliphatic hydroxyl groups is 4. The van der Waals surface area contributed by atoms with Crippen LogP contribution in [0, 0.1) is 5.92 Å². The van der Waals surface area contributed by atoms with Crippen molar-refractivity contribution in [2.24, 2.45) is 5.92 Å². The quantitative estimate of drug-likeness (QED) is 0.354. The molecule has 0 aliphatic carbocycles. The van der Waals surface area contributed by atoms with Crippen molar-refractivity contribution in [3.8, 4) is 0 Å². The van der Waals surface area contributed by atoms with Gasteiger partial charge in [0, 0.05) is 6.54 Å². The minimum absolute atomic E-state index is 0.126. The predicted molar refractivity (Wildman–Crippen MR) is 61.3 cm³/mol. The molecule has 1 aliphatic heterocycles. The number of aliphatic hydroxyl groups excluding tert-OH is 4. The van der Waals surface area contributed by atoms with E-state index in [4.69, 9.17) is 9.84 Å². The van der Waals surface area contributed by atoms with Crippen LogP contribution in [0.3, 0.4) is 0 Å². The number of hydrogen-bond acceptors (Lipinski definition) is 7. The monoisotopic (exact) mass is 261 g/mol. The van der Waals surface area contributed by atoms with Crippen LogP contribution in [-0.4, -0.2) is 64.0 Å². The second-order valence-electron chi connectivity index (χ2n) is 4.24. The summed E-state index contributed by atoms with van der Waals surface area (Å²) in [5.74, 6) is -0.886. The fourth-order valence-electron chi connectivity index (χ4n) is 1.76. The first-order valence-corrected chi connectivity index (χ1v) is 5.68. The van der Waals surface area contributed by atoms with Crippen LogP contribution in [0.25, 0.3) is 0 Å². The van der Waals surface area contributed by atoms with Gasteiger partial charge in [0.05, 0.1) is 18.6 Å². The van der Waals surface area contributed by atoms with Gasteiger partial charge in [-0.1, -0.05) is 0 Å². The number of ketones is 1. The van der Waals surface area contributed by atoms with Crippen molar-refractivity contribution >= 4 is 5.78 Å². The number of rotatable bonds is 5. The Morgan fingerprint density at radius 1 is 1.33 bits per heavy atom. The number of ether oxygens (including phenoxy) is 1. The molecule has 7 nitrogen and oxygen atoms in total. The van der Waals surface area contributed by atoms with Crippen LogP contribution < -0.4 is 5.32 Å². The van der Waals surface area contributed by atoms with Crippen LogP contribution in [0.1, 0.15) is 6.92 Å². The molecule has 1 aliphatic rings. The van der Waals surface area contributed by atoms with Gasteiger partial charge in [-0.2, -0.15) is 0 Å². The molecule has 0 amide bonds. The van der Waals surface area contributed by atoms with Crippen molar-refractivity contribution in [2.45, 2.75) is 31.5 Å². The molecule has 0 saturated carbocycles. The molecule has 0 aromatic heterocycles. The number of allylic oxidation sites excluding steroid dienone is 1. The first kappa shape index (κ1) is 15.1. The van der Waals surface area contributed by atoms with E-state index in [0.29, 0.717) is 0 Å². The van der Waals surface area contributed by atoms with Crippen LogP contribution in [0.2, 0.25) is 0 Å². The molecule has 0 bridgehead atoms. The average Bonchev–Trinajstić information content (AvgIpc) is 2.32. The molecule has 1 saturated heterocycles. The van der Waals surface area contributed by atoms with Crippen LogP contribution in [0.15, 0.2) is 12.3 Å². The van der Waals surface area contributed by atoms with Crippen molar-refractivity contribution in [1.82, 2.24) is 5.32 Å². The fourth-order valence-corrected chi connectivity index (χ4v) is 1.76. The second kappa shape index (κ2) is 6.81. The zero-order chi connectivity index (χ0) is 13.7. The molecular weight excluding hydrogens is 242 g/mol. The lowest BCUT2D eigenvalue weighted by Gasteiger charge is -2.40. The lowest BCUT2D eigenvalue weighted by atomic mass is 9.91. The first-order chi connectivity index (χ1) is 8.47. The zero-order valence-electron chi connectivity index (χ0n) is 10.1. The Bertz CT molecular complexity index is 308. The third kappa shape index (κ3) is 3.76. The Morgan fingerprint density at radius 2 is 2.00 bits per heavy atom. The summed E-state index contributed by atoms with van der Waals surface area (Å²) in [5, 5.41) is 40.7. The van der Waals surface area contributed by atoms with E-state index in [-0.39, 0.29) is 12.3 Å². The summed E-state index contributed by atoms with van der Waals surface area (Å²) in [6, 6.07) is 0. The van der Waals surface area contributed by atoms with E-state index in [1.807, 2.05) is 0 Å². The van der Waals surface area contributed by atoms with Crippen molar-refractivity contribution in [2.75, 3.05) is 13.2 Å². The maximum Gasteiger partial charge on any atom is 0.162 e. The summed E-state index contributed by atoms with van der Waals surface area (Å²) >= 11 is 0. The standard InChI is InChI=1S/C11H19NO6/c1-6(14)2-3-12-4-7-9(15)10(16)8(5-13)18-11(7)17/h2-3,7-13,15-17H,4-5H2,1H3/b3-2-/t7-,8-,9-,10-,11+/m1/s1. The third-order valence-corrected chi connectivity index (χ3v) is 2.82. The molecule has 104 valence electrons. The van der Waals surface area contributed by atoms with Gasteiger partial charge in [-0.3, -0.25) is 4.79 Å². The van der Waals surface area contributed by atoms with Crippen LogP contribution >= 0.6 is 0 Å². The molecule has 0 spiro atoms. The van der Waals surface area contributed by atoms with E-state index in [1.54, 1.807) is 0 Å². The number of hydrogen-bond donors (Lipinski definition) is 5. The van der Waals surface area contributed by atoms with E-state index >= 15 is 0 Å². The van der Waals surface area contributed by atoms with Crippen molar-refractivity contribution in [1.29, 1.82) is 0 Å². The van der Waals surface area contributed by atoms with Gasteiger partial charge in [0.15, 0.2) is 12.1 Å². The molecule has 18 heavy (non-hydrogen) atoms. The summed E-state index contributed by atoms with van der Waals surface area (Å²) in [6.07, 6.45) is -2.08. The highest BCUT2D eigenvalue weighted by Crippen LogP contribution is 2.24. The Kier molecular flexibility index (Phi) is 5.70. The van der Waals surface area contributed by atoms with E-state index in [0.717, 1.165) is 0 Å². The maximum absolute atomic E-state index is 10.6. The SMILES string of the molecule is CC(=O)/C=C\NC[C@@H]1[C@@H](O)[C@H](O)[C@@H](CO)O[C@@H]1O. The smallest absolute Gasteiger partial charge is 0.162 e. The molecule has 0 unspecified atom stereocenters. The minimum Gasteiger partial charge on any atom is -0.394 e. The fraction of sp³-hybridized carbons (Fsp3) is 0.727. The highest BCUT2D eigenvalue weighted by Gasteiger charge is 2.43. The summed E-state index contributed by atoms with van der Waals surface area (Å²) in [7, 11) is 0. The number of carbonyl (C=O) groups excluding carboxylic acids is 1. The van der Waals surface area contributed by atoms with Crippen LogP contribution in [0.5, 0.6) is 0 Å². The summed E-state index contributed by atoms with van der Waals surface area (Å²) in [4.78, 5) is 10.6. The molecule has 1 fully saturated rings. The minimum atomic E-state index is -1.29. The molecule has 1 rings (SSSR count). The van der Waals surface area contributed by atoms with Gasteiger partial charge in [0.2, 0.25) is 0 Å². The Hall–Kier alpha value is -0.990. The van der Waals surface area contributed by atoms with Crippen molar-refractivity contribution in [3.05, 3.63) is 12.3 Å². The van der Waals surface area contributed by atoms with Crippen molar-refractivity contribution in [3.63, 3.8) is 0 Å². The number of nitrogens with one attached hydrogen (secondary N) is 1. The van der Waals surface area contributed by atoms with Crippen LogP contribution in [0.4, 0.5) is 0 Å². The lowest BCUT2D eigenvalue weighted by molar-refractivity contribution is -0.268. The summed E-state index contributed by atoms with van der Waals surface area (Å²) < 4.78 is 4.97. The van der Waals surface area contributed by atoms with Crippen molar-refractivity contribution < 1.29 is 30.0 Å². The summed E-state index contributed by atoms with van der Waals surface area (Å²) in [5.41, 5.74) is 0. The third-order valence-electron chi connectivity index (χ3n) is 2.82. The van der Waals surface area contributed by atoms with Gasteiger partial charge in [-0.15, -0.1) is 0 Å². The number of carbonyl (C=O) groups is 1. The molecule has 1 heterocycles. The average molecular weight is 261 g/mol. The zero-order valence-corrected chi connectivity index (χ0v) is 10.1. The van der Waals surface area contributed by atoms with Crippen LogP contribution in [-0.2, 0) is 9.53 Å². The summed E-state index contributed by atoms with van der Waals surface area (Å²) in [6.45, 7) is 1.03. The highest BCUT2D eigenvalue weighted by atomic mass is 16.6. The maximum atomic E-state index is 10.6. The molecule has 0 radical (unpaired) electrons. The largest absolute Gasteiger partial charge is 0.394 e. The van der Waals surface area contributed by atoms with Gasteiger partial charge in [-0.05, 0) is 19.2 Å². The molecular formula is C11H19NO6. The topological polar surface area (TPSA) is 119 Å². The van der Waals surface area contributed by atoms with E-state index < -0.39 is 37.1 Å². The van der Waals surface area contributed by atoms with Gasteiger partial charge in [0.1, 0.15) is 12.2 Å². The molecule has 5 atom stereocenters. The Morgan fingerprint density at radius 3 is 2.56 bits per heavy atom. The first-order valence-electron chi connectivity index (χ1n) is 5.68. The van der Waals surface area contributed by atoms with Gasteiger partial charge in [-0.25, -0.2) is 0 Å². The molecule has 7 heteroatoms. The lowest BCUT2D eigenvalue weighted by Crippen LogP contribution is -2.57. The van der Waals surface area contributed by atoms with E-state index in [1.165, 1.54) is 19.2 Å². The Labute approximate surface area is 105 Å². The van der Waals surface area contributed by atoms with Gasteiger partial charge >= 0.3 is 0 Å². The second-order valence-corrected chi connectivity index (χ2v) is 4.24. The van der Waals surface area contributed by atoms with E-state index in [9.17, 15) is 20.1 Å². The molecule has 5 N–H and O–H groups in total. The van der Waals surface area contributed by atoms with Gasteiger partial charge < -0.3 is 30.5 Å². The molecule has 0 aromatic carbocycles. The highest BCUT2D eigenvalue weighted by molar-refractivity contribution is 5.87. The van der Waals surface area contributed by atoms with Gasteiger partial charge in [0.25, 0.3) is 0 Å². The van der Waals surface area contributed by atoms with E-state index in [2.05, 4.69) is 5.32 Å². The predicted octanol–water partition coefficient (Wildman–Crippen LogP) is -2.27. The normalized spacial score (nSPS) is 36.8.